The molecule has 2 bridgehead atoms. The Hall–Kier alpha value is -0.160. The molecule has 4 heteroatoms. The van der Waals surface area contributed by atoms with Gasteiger partial charge in [0, 0.05) is 50.8 Å². The normalized spacial score (nSPS) is 34.5. The predicted octanol–water partition coefficient (Wildman–Crippen LogP) is 3.88. The zero-order chi connectivity index (χ0) is 16.6. The molecule has 3 saturated heterocycles. The third-order valence-corrected chi connectivity index (χ3v) is 9.72. The monoisotopic (exact) mass is 374 g/mol. The summed E-state index contributed by atoms with van der Waals surface area (Å²) < 4.78 is 0.886. The van der Waals surface area contributed by atoms with Crippen LogP contribution >= 0.6 is 23.5 Å². The Kier molecular flexibility index (Phi) is 5.06. The molecule has 2 unspecified atom stereocenters. The summed E-state index contributed by atoms with van der Waals surface area (Å²) in [5, 5.41) is 0. The lowest BCUT2D eigenvalue weighted by Crippen LogP contribution is -2.59. The summed E-state index contributed by atoms with van der Waals surface area (Å²) in [7, 11) is 0. The smallest absolute Gasteiger partial charge is 0.0538 e. The number of likely N-dealkylation sites (tertiary alicyclic amines) is 2. The fraction of sp³-hybridized carbons (Fsp3) is 0.714. The summed E-state index contributed by atoms with van der Waals surface area (Å²) in [6.45, 7) is 7.89. The van der Waals surface area contributed by atoms with Crippen molar-refractivity contribution < 1.29 is 0 Å². The van der Waals surface area contributed by atoms with Gasteiger partial charge in [-0.25, -0.2) is 0 Å². The number of piperidine rings is 2. The lowest BCUT2D eigenvalue weighted by molar-refractivity contribution is -0.0192. The molecule has 3 aliphatic heterocycles. The molecule has 4 fully saturated rings. The summed E-state index contributed by atoms with van der Waals surface area (Å²) in [6.07, 6.45) is 2.98. The summed E-state index contributed by atoms with van der Waals surface area (Å²) >= 11 is 4.53. The SMILES string of the molecule is c1ccc(CN2CC3CN(CC4CC4)CC(C2)C3C2SCCS2)cc1. The Bertz CT molecular complexity index is 555. The van der Waals surface area contributed by atoms with E-state index in [2.05, 4.69) is 63.7 Å². The molecule has 0 N–H and O–H groups in total. The van der Waals surface area contributed by atoms with Crippen molar-refractivity contribution in [2.75, 3.05) is 44.2 Å². The number of hydrogen-bond acceptors (Lipinski definition) is 4. The van der Waals surface area contributed by atoms with Crippen LogP contribution in [0.1, 0.15) is 18.4 Å². The van der Waals surface area contributed by atoms with Gasteiger partial charge in [0.1, 0.15) is 0 Å². The maximum atomic E-state index is 2.84. The van der Waals surface area contributed by atoms with Gasteiger partial charge in [0.15, 0.2) is 0 Å². The number of fused-ring (bicyclic) bond motifs is 2. The maximum Gasteiger partial charge on any atom is 0.0538 e. The highest BCUT2D eigenvalue weighted by Gasteiger charge is 2.47. The first-order valence-electron chi connectivity index (χ1n) is 10.1. The van der Waals surface area contributed by atoms with E-state index in [0.717, 1.165) is 34.8 Å². The van der Waals surface area contributed by atoms with Gasteiger partial charge < -0.3 is 4.90 Å². The van der Waals surface area contributed by atoms with E-state index in [1.807, 2.05) is 0 Å². The lowest BCUT2D eigenvalue weighted by atomic mass is 9.74. The van der Waals surface area contributed by atoms with E-state index in [1.165, 1.54) is 62.6 Å². The minimum absolute atomic E-state index is 0.886. The standard InChI is InChI=1S/C21H30N2S2/c1-2-4-16(5-3-1)10-22-12-18-14-23(11-17-6-7-17)15-19(13-22)20(18)21-24-8-9-25-21/h1-5,17-21H,6-15H2. The van der Waals surface area contributed by atoms with Crippen molar-refractivity contribution in [3.63, 3.8) is 0 Å². The van der Waals surface area contributed by atoms with Gasteiger partial charge in [-0.3, -0.25) is 4.90 Å². The van der Waals surface area contributed by atoms with Gasteiger partial charge in [0.05, 0.1) is 4.58 Å². The molecule has 1 aromatic rings. The minimum atomic E-state index is 0.886. The highest BCUT2D eigenvalue weighted by Crippen LogP contribution is 2.48. The van der Waals surface area contributed by atoms with E-state index in [4.69, 9.17) is 0 Å². The summed E-state index contributed by atoms with van der Waals surface area (Å²) in [5.41, 5.74) is 1.48. The van der Waals surface area contributed by atoms with Crippen LogP contribution in [-0.2, 0) is 6.54 Å². The summed E-state index contributed by atoms with van der Waals surface area (Å²) in [4.78, 5) is 5.60. The van der Waals surface area contributed by atoms with Crippen molar-refractivity contribution in [2.45, 2.75) is 24.0 Å². The van der Waals surface area contributed by atoms with Gasteiger partial charge in [0.2, 0.25) is 0 Å². The number of rotatable bonds is 5. The van der Waals surface area contributed by atoms with E-state index >= 15 is 0 Å². The molecule has 25 heavy (non-hydrogen) atoms. The third kappa shape index (κ3) is 3.92. The first-order valence-corrected chi connectivity index (χ1v) is 12.2. The molecule has 0 aromatic heterocycles. The zero-order valence-corrected chi connectivity index (χ0v) is 16.7. The Morgan fingerprint density at radius 2 is 1.48 bits per heavy atom. The molecule has 0 amide bonds. The molecule has 0 radical (unpaired) electrons. The zero-order valence-electron chi connectivity index (χ0n) is 15.1. The number of benzene rings is 1. The van der Waals surface area contributed by atoms with Gasteiger partial charge in [-0.2, -0.15) is 0 Å². The van der Waals surface area contributed by atoms with Crippen LogP contribution in [-0.4, -0.2) is 58.6 Å². The van der Waals surface area contributed by atoms with Crippen LogP contribution in [0.4, 0.5) is 0 Å². The second kappa shape index (κ2) is 7.46. The van der Waals surface area contributed by atoms with E-state index < -0.39 is 0 Å². The van der Waals surface area contributed by atoms with Crippen molar-refractivity contribution in [1.82, 2.24) is 9.80 Å². The van der Waals surface area contributed by atoms with Crippen molar-refractivity contribution in [3.05, 3.63) is 35.9 Å². The van der Waals surface area contributed by atoms with Crippen molar-refractivity contribution in [3.8, 4) is 0 Å². The fourth-order valence-corrected chi connectivity index (χ4v) is 8.82. The van der Waals surface area contributed by atoms with Crippen molar-refractivity contribution >= 4 is 23.5 Å². The molecule has 5 rings (SSSR count). The summed E-state index contributed by atoms with van der Waals surface area (Å²) in [5.74, 6) is 6.53. The average Bonchev–Trinajstić information content (AvgIpc) is 3.25. The number of hydrogen-bond donors (Lipinski definition) is 0. The molecule has 3 heterocycles. The predicted molar refractivity (Wildman–Crippen MR) is 110 cm³/mol. The first kappa shape index (κ1) is 17.0. The molecular weight excluding hydrogens is 344 g/mol. The van der Waals surface area contributed by atoms with Gasteiger partial charge >= 0.3 is 0 Å². The van der Waals surface area contributed by atoms with E-state index in [-0.39, 0.29) is 0 Å². The van der Waals surface area contributed by atoms with Crippen LogP contribution in [0.5, 0.6) is 0 Å². The largest absolute Gasteiger partial charge is 0.302 e. The molecule has 2 atom stereocenters. The Labute approximate surface area is 161 Å². The lowest BCUT2D eigenvalue weighted by Gasteiger charge is -2.52. The van der Waals surface area contributed by atoms with E-state index in [0.29, 0.717) is 0 Å². The van der Waals surface area contributed by atoms with Crippen LogP contribution in [0.25, 0.3) is 0 Å². The van der Waals surface area contributed by atoms with E-state index in [9.17, 15) is 0 Å². The molecule has 2 nitrogen and oxygen atoms in total. The number of nitrogens with zero attached hydrogens (tertiary/aromatic N) is 2. The van der Waals surface area contributed by atoms with Crippen LogP contribution in [0.15, 0.2) is 30.3 Å². The first-order chi connectivity index (χ1) is 12.3. The Morgan fingerprint density at radius 1 is 0.840 bits per heavy atom. The maximum absolute atomic E-state index is 2.84. The van der Waals surface area contributed by atoms with Crippen LogP contribution in [0, 0.1) is 23.7 Å². The molecule has 1 aliphatic carbocycles. The molecule has 1 aromatic carbocycles. The molecule has 136 valence electrons. The minimum Gasteiger partial charge on any atom is -0.302 e. The molecule has 4 aliphatic rings. The van der Waals surface area contributed by atoms with Crippen molar-refractivity contribution in [1.29, 1.82) is 0 Å². The van der Waals surface area contributed by atoms with Crippen LogP contribution < -0.4 is 0 Å². The van der Waals surface area contributed by atoms with Gasteiger partial charge in [-0.15, -0.1) is 23.5 Å². The molecule has 0 spiro atoms. The van der Waals surface area contributed by atoms with Crippen LogP contribution in [0.3, 0.4) is 0 Å². The van der Waals surface area contributed by atoms with Gasteiger partial charge in [-0.1, -0.05) is 30.3 Å². The second-order valence-corrected chi connectivity index (χ2v) is 11.3. The quantitative estimate of drug-likeness (QED) is 0.771. The number of thioether (sulfide) groups is 2. The average molecular weight is 375 g/mol. The summed E-state index contributed by atoms with van der Waals surface area (Å²) in [6, 6.07) is 11.1. The highest BCUT2D eigenvalue weighted by atomic mass is 32.2. The van der Waals surface area contributed by atoms with Crippen molar-refractivity contribution in [2.24, 2.45) is 23.7 Å². The van der Waals surface area contributed by atoms with Crippen LogP contribution in [0.2, 0.25) is 0 Å². The highest BCUT2D eigenvalue weighted by molar-refractivity contribution is 8.20. The third-order valence-electron chi connectivity index (χ3n) is 6.48. The Balaban J connectivity index is 1.29. The second-order valence-electron chi connectivity index (χ2n) is 8.55. The Morgan fingerprint density at radius 3 is 2.12 bits per heavy atom. The topological polar surface area (TPSA) is 6.48 Å². The molecular formula is C21H30N2S2. The fourth-order valence-electron chi connectivity index (χ4n) is 5.29. The van der Waals surface area contributed by atoms with Gasteiger partial charge in [-0.05, 0) is 42.1 Å². The van der Waals surface area contributed by atoms with E-state index in [1.54, 1.807) is 0 Å². The van der Waals surface area contributed by atoms with Gasteiger partial charge in [0.25, 0.3) is 0 Å². The molecule has 1 saturated carbocycles.